The molecule has 1 unspecified atom stereocenters. The number of carbonyl (C=O) groups is 3. The molecule has 6 N–H and O–H groups in total. The standard InChI is InChI=1S/C20H23ClN2O.2C17H18ClN3O/c21-17-9-7-16(8-10-17)20(24)23-19-12-5-15(6-13-19)4-11-18-3-1-2-14-22-18;2*18-14-5-8-16(20-11-14)17(22)21-15-6-3-12(4-7-15)13-2-1-9-19-10-13/h5-10,12-13,18,22H,1-4,11,14H2,(H,23,24);2*3-8,11,13,19H,1-2,9-10H2,(H,21,22)/t;2*13-/m.10/s1. The molecule has 11 nitrogen and oxygen atoms in total. The van der Waals surface area contributed by atoms with Crippen molar-refractivity contribution in [3.05, 3.63) is 182 Å². The number of hydrogen-bond donors (Lipinski definition) is 6. The lowest BCUT2D eigenvalue weighted by atomic mass is 9.92. The van der Waals surface area contributed by atoms with Gasteiger partial charge in [0.1, 0.15) is 11.4 Å². The lowest BCUT2D eigenvalue weighted by molar-refractivity contribution is 0.101. The average molecular weight is 974 g/mol. The summed E-state index contributed by atoms with van der Waals surface area (Å²) in [5.74, 6) is 0.547. The Kier molecular flexibility index (Phi) is 19.3. The third-order valence-corrected chi connectivity index (χ3v) is 13.0. The number of pyridine rings is 2. The first kappa shape index (κ1) is 50.2. The van der Waals surface area contributed by atoms with E-state index in [1.54, 1.807) is 48.5 Å². The fraction of sp³-hybridized carbons (Fsp3) is 0.315. The maximum atomic E-state index is 12.2. The predicted octanol–water partition coefficient (Wildman–Crippen LogP) is 11.6. The topological polar surface area (TPSA) is 149 Å². The molecule has 0 aliphatic carbocycles. The van der Waals surface area contributed by atoms with Gasteiger partial charge >= 0.3 is 0 Å². The molecule has 354 valence electrons. The minimum absolute atomic E-state index is 0.120. The van der Waals surface area contributed by atoms with Crippen molar-refractivity contribution in [2.45, 2.75) is 75.7 Å². The molecule has 0 radical (unpaired) electrons. The number of nitrogens with zero attached hydrogens (tertiary/aromatic N) is 2. The highest BCUT2D eigenvalue weighted by Gasteiger charge is 2.17. The number of aryl methyl sites for hydroxylation is 1. The van der Waals surface area contributed by atoms with Crippen LogP contribution in [-0.4, -0.2) is 66.5 Å². The number of halogens is 3. The van der Waals surface area contributed by atoms with Crippen LogP contribution in [0.15, 0.2) is 134 Å². The third-order valence-electron chi connectivity index (χ3n) is 12.3. The first-order valence-corrected chi connectivity index (χ1v) is 24.6. The Morgan fingerprint density at radius 1 is 0.500 bits per heavy atom. The van der Waals surface area contributed by atoms with Crippen LogP contribution >= 0.6 is 34.8 Å². The van der Waals surface area contributed by atoms with Crippen LogP contribution in [0, 0.1) is 0 Å². The van der Waals surface area contributed by atoms with Gasteiger partial charge in [0.25, 0.3) is 17.7 Å². The smallest absolute Gasteiger partial charge is 0.274 e. The van der Waals surface area contributed by atoms with Crippen LogP contribution in [0.1, 0.15) is 111 Å². The van der Waals surface area contributed by atoms with E-state index in [4.69, 9.17) is 34.8 Å². The molecular formula is C54H59Cl3N8O3. The normalized spacial score (nSPS) is 17.8. The summed E-state index contributed by atoms with van der Waals surface area (Å²) in [4.78, 5) is 44.4. The minimum atomic E-state index is -0.233. The molecule has 0 saturated carbocycles. The van der Waals surface area contributed by atoms with Gasteiger partial charge in [-0.25, -0.2) is 9.97 Å². The van der Waals surface area contributed by atoms with Crippen LogP contribution in [0.3, 0.4) is 0 Å². The van der Waals surface area contributed by atoms with E-state index in [9.17, 15) is 14.4 Å². The maximum absolute atomic E-state index is 12.2. The molecule has 3 aliphatic rings. The first-order valence-electron chi connectivity index (χ1n) is 23.5. The van der Waals surface area contributed by atoms with Crippen LogP contribution in [-0.2, 0) is 6.42 Å². The number of aromatic nitrogens is 2. The highest BCUT2D eigenvalue weighted by molar-refractivity contribution is 6.31. The van der Waals surface area contributed by atoms with E-state index in [0.29, 0.717) is 49.9 Å². The van der Waals surface area contributed by atoms with Gasteiger partial charge in [-0.3, -0.25) is 14.4 Å². The molecule has 3 fully saturated rings. The van der Waals surface area contributed by atoms with E-state index in [1.165, 1.54) is 80.5 Å². The van der Waals surface area contributed by atoms with E-state index in [0.717, 1.165) is 56.2 Å². The SMILES string of the molecule is O=C(Nc1ccc(CCC2CCCCN2)cc1)c1ccc(Cl)cc1.O=C(Nc1ccc([C@@H]2CCCNC2)cc1)c1ccc(Cl)cn1.O=C(Nc1ccc([C@H]2CCCNC2)cc1)c1ccc(Cl)cn1. The molecule has 14 heteroatoms. The van der Waals surface area contributed by atoms with Crippen molar-refractivity contribution >= 4 is 69.6 Å². The highest BCUT2D eigenvalue weighted by atomic mass is 35.5. The molecule has 3 saturated heterocycles. The van der Waals surface area contributed by atoms with Crippen LogP contribution < -0.4 is 31.9 Å². The molecule has 6 aromatic rings. The van der Waals surface area contributed by atoms with Gasteiger partial charge in [0.15, 0.2) is 0 Å². The van der Waals surface area contributed by atoms with Crippen LogP contribution in [0.2, 0.25) is 15.1 Å². The van der Waals surface area contributed by atoms with Crippen molar-refractivity contribution in [3.63, 3.8) is 0 Å². The van der Waals surface area contributed by atoms with E-state index < -0.39 is 0 Å². The lowest BCUT2D eigenvalue weighted by Crippen LogP contribution is -2.34. The summed E-state index contributed by atoms with van der Waals surface area (Å²) in [5, 5.41) is 20.7. The molecule has 3 amide bonds. The lowest BCUT2D eigenvalue weighted by Gasteiger charge is -2.23. The van der Waals surface area contributed by atoms with E-state index >= 15 is 0 Å². The van der Waals surface area contributed by atoms with Gasteiger partial charge in [-0.05, 0) is 184 Å². The summed E-state index contributed by atoms with van der Waals surface area (Å²) < 4.78 is 0. The average Bonchev–Trinajstić information content (AvgIpc) is 3.38. The fourth-order valence-electron chi connectivity index (χ4n) is 8.43. The molecule has 3 atom stereocenters. The summed E-state index contributed by atoms with van der Waals surface area (Å²) in [6.07, 6.45) is 14.0. The monoisotopic (exact) mass is 972 g/mol. The van der Waals surface area contributed by atoms with Crippen molar-refractivity contribution < 1.29 is 14.4 Å². The van der Waals surface area contributed by atoms with Gasteiger partial charge in [-0.15, -0.1) is 0 Å². The summed E-state index contributed by atoms with van der Waals surface area (Å²) in [6.45, 7) is 5.43. The summed E-state index contributed by atoms with van der Waals surface area (Å²) in [5.41, 5.74) is 7.61. The van der Waals surface area contributed by atoms with Crippen LogP contribution in [0.5, 0.6) is 0 Å². The highest BCUT2D eigenvalue weighted by Crippen LogP contribution is 2.26. The van der Waals surface area contributed by atoms with Gasteiger partial charge in [0, 0.05) is 59.2 Å². The Bertz CT molecular complexity index is 2370. The summed E-state index contributed by atoms with van der Waals surface area (Å²) >= 11 is 17.4. The number of carbonyl (C=O) groups excluding carboxylic acids is 3. The van der Waals surface area contributed by atoms with Crippen molar-refractivity contribution in [1.82, 2.24) is 25.9 Å². The Morgan fingerprint density at radius 3 is 1.40 bits per heavy atom. The predicted molar refractivity (Wildman–Crippen MR) is 277 cm³/mol. The molecule has 68 heavy (non-hydrogen) atoms. The van der Waals surface area contributed by atoms with Gasteiger partial charge < -0.3 is 31.9 Å². The molecule has 9 rings (SSSR count). The Labute approximate surface area is 414 Å². The first-order chi connectivity index (χ1) is 33.1. The second-order valence-electron chi connectivity index (χ2n) is 17.3. The Hall–Kier alpha value is -5.66. The van der Waals surface area contributed by atoms with E-state index in [-0.39, 0.29) is 17.7 Å². The van der Waals surface area contributed by atoms with Crippen molar-refractivity contribution in [2.75, 3.05) is 48.7 Å². The molecule has 0 spiro atoms. The van der Waals surface area contributed by atoms with Crippen molar-refractivity contribution in [2.24, 2.45) is 0 Å². The van der Waals surface area contributed by atoms with Gasteiger partial charge in [0.2, 0.25) is 0 Å². The Balaban J connectivity index is 0.000000151. The molecule has 3 aliphatic heterocycles. The Morgan fingerprint density at radius 2 is 0.971 bits per heavy atom. The number of piperidine rings is 3. The second kappa shape index (κ2) is 26.2. The molecule has 5 heterocycles. The molecular weight excluding hydrogens is 915 g/mol. The largest absolute Gasteiger partial charge is 0.322 e. The quantitative estimate of drug-likeness (QED) is 0.0752. The number of anilines is 3. The maximum Gasteiger partial charge on any atom is 0.274 e. The van der Waals surface area contributed by atoms with Gasteiger partial charge in [0.05, 0.1) is 10.0 Å². The van der Waals surface area contributed by atoms with Crippen LogP contribution in [0.25, 0.3) is 0 Å². The zero-order valence-electron chi connectivity index (χ0n) is 38.1. The van der Waals surface area contributed by atoms with Crippen molar-refractivity contribution in [3.8, 4) is 0 Å². The number of nitrogens with one attached hydrogen (secondary N) is 6. The summed E-state index contributed by atoms with van der Waals surface area (Å²) in [7, 11) is 0. The third kappa shape index (κ3) is 16.0. The fourth-order valence-corrected chi connectivity index (χ4v) is 8.78. The zero-order chi connectivity index (χ0) is 47.5. The van der Waals surface area contributed by atoms with E-state index in [1.807, 2.05) is 36.4 Å². The minimum Gasteiger partial charge on any atom is -0.322 e. The van der Waals surface area contributed by atoms with E-state index in [2.05, 4.69) is 78.3 Å². The number of hydrogen-bond acceptors (Lipinski definition) is 8. The van der Waals surface area contributed by atoms with Crippen molar-refractivity contribution in [1.29, 1.82) is 0 Å². The number of benzene rings is 4. The molecule has 0 bridgehead atoms. The number of amides is 3. The van der Waals surface area contributed by atoms with Gasteiger partial charge in [-0.1, -0.05) is 77.6 Å². The van der Waals surface area contributed by atoms with Gasteiger partial charge in [-0.2, -0.15) is 0 Å². The summed E-state index contributed by atoms with van der Waals surface area (Å²) in [6, 6.07) is 38.3. The zero-order valence-corrected chi connectivity index (χ0v) is 40.4. The number of rotatable bonds is 11. The molecule has 4 aromatic carbocycles. The molecule has 2 aromatic heterocycles. The second-order valence-corrected chi connectivity index (χ2v) is 18.6. The van der Waals surface area contributed by atoms with Crippen LogP contribution in [0.4, 0.5) is 17.1 Å².